The number of rotatable bonds is 4. The van der Waals surface area contributed by atoms with E-state index in [-0.39, 0.29) is 11.7 Å². The third-order valence-corrected chi connectivity index (χ3v) is 3.17. The van der Waals surface area contributed by atoms with Gasteiger partial charge in [0.25, 0.3) is 5.91 Å². The number of nitrogens with zero attached hydrogens (tertiary/aromatic N) is 1. The summed E-state index contributed by atoms with van der Waals surface area (Å²) in [5, 5.41) is 5.86. The van der Waals surface area contributed by atoms with E-state index in [0.717, 1.165) is 11.4 Å². The number of carbonyl (C=O) groups excluding carboxylic acids is 1. The van der Waals surface area contributed by atoms with Gasteiger partial charge in [-0.3, -0.25) is 9.78 Å². The first-order valence-corrected chi connectivity index (χ1v) is 6.80. The zero-order valence-electron chi connectivity index (χ0n) is 12.3. The number of halogens is 1. The lowest BCUT2D eigenvalue weighted by atomic mass is 10.1. The predicted octanol–water partition coefficient (Wildman–Crippen LogP) is 3.52. The molecule has 2 rings (SSSR count). The third-order valence-electron chi connectivity index (χ3n) is 3.17. The Hall–Kier alpha value is -2.43. The highest BCUT2D eigenvalue weighted by atomic mass is 19.1. The summed E-state index contributed by atoms with van der Waals surface area (Å²) in [4.78, 5) is 16.5. The number of pyridine rings is 1. The van der Waals surface area contributed by atoms with Crippen molar-refractivity contribution in [1.82, 2.24) is 4.98 Å². The van der Waals surface area contributed by atoms with Gasteiger partial charge in [0, 0.05) is 29.7 Å². The van der Waals surface area contributed by atoms with Gasteiger partial charge >= 0.3 is 0 Å². The minimum Gasteiger partial charge on any atom is -0.385 e. The number of aromatic nitrogens is 1. The lowest BCUT2D eigenvalue weighted by molar-refractivity contribution is 0.102. The molecule has 0 unspecified atom stereocenters. The van der Waals surface area contributed by atoms with E-state index < -0.39 is 0 Å². The molecule has 2 N–H and O–H groups in total. The average molecular weight is 287 g/mol. The van der Waals surface area contributed by atoms with Gasteiger partial charge in [0.15, 0.2) is 0 Å². The van der Waals surface area contributed by atoms with Gasteiger partial charge in [-0.05, 0) is 39.0 Å². The van der Waals surface area contributed by atoms with Gasteiger partial charge < -0.3 is 10.6 Å². The van der Waals surface area contributed by atoms with E-state index in [1.165, 1.54) is 12.3 Å². The highest BCUT2D eigenvalue weighted by molar-refractivity contribution is 6.08. The molecule has 0 aliphatic carbocycles. The van der Waals surface area contributed by atoms with Crippen LogP contribution in [0, 0.1) is 19.7 Å². The Balaban J connectivity index is 2.30. The molecule has 21 heavy (non-hydrogen) atoms. The van der Waals surface area contributed by atoms with Crippen LogP contribution in [0.2, 0.25) is 0 Å². The minimum absolute atomic E-state index is 0.313. The highest BCUT2D eigenvalue weighted by Gasteiger charge is 2.14. The maximum Gasteiger partial charge on any atom is 0.259 e. The third kappa shape index (κ3) is 3.37. The fraction of sp³-hybridized carbons (Fsp3) is 0.250. The van der Waals surface area contributed by atoms with E-state index in [1.54, 1.807) is 19.1 Å². The molecule has 0 aliphatic rings. The summed E-state index contributed by atoms with van der Waals surface area (Å²) in [5.41, 5.74) is 2.85. The van der Waals surface area contributed by atoms with Crippen LogP contribution >= 0.6 is 0 Å². The lowest BCUT2D eigenvalue weighted by Crippen LogP contribution is -2.16. The predicted molar refractivity (Wildman–Crippen MR) is 82.2 cm³/mol. The van der Waals surface area contributed by atoms with E-state index in [9.17, 15) is 9.18 Å². The number of aryl methyl sites for hydroxylation is 1. The molecule has 0 aliphatic heterocycles. The molecular weight excluding hydrogens is 269 g/mol. The normalized spacial score (nSPS) is 10.3. The Bertz CT molecular complexity index is 671. The van der Waals surface area contributed by atoms with Crippen molar-refractivity contribution in [2.75, 3.05) is 17.2 Å². The van der Waals surface area contributed by atoms with Crippen LogP contribution in [0.4, 0.5) is 15.8 Å². The van der Waals surface area contributed by atoms with Crippen molar-refractivity contribution >= 4 is 17.3 Å². The van der Waals surface area contributed by atoms with Gasteiger partial charge in [-0.15, -0.1) is 0 Å². The summed E-state index contributed by atoms with van der Waals surface area (Å²) >= 11 is 0. The second-order valence-corrected chi connectivity index (χ2v) is 4.77. The zero-order chi connectivity index (χ0) is 15.4. The Morgan fingerprint density at radius 3 is 2.76 bits per heavy atom. The highest BCUT2D eigenvalue weighted by Crippen LogP contribution is 2.21. The van der Waals surface area contributed by atoms with E-state index in [2.05, 4.69) is 15.6 Å². The van der Waals surface area contributed by atoms with Crippen molar-refractivity contribution in [2.45, 2.75) is 20.8 Å². The van der Waals surface area contributed by atoms with Gasteiger partial charge in [0.2, 0.25) is 0 Å². The van der Waals surface area contributed by atoms with Gasteiger partial charge in [0.1, 0.15) is 5.82 Å². The topological polar surface area (TPSA) is 54.0 Å². The van der Waals surface area contributed by atoms with Gasteiger partial charge in [-0.25, -0.2) is 4.39 Å². The maximum atomic E-state index is 13.5. The molecule has 1 aromatic carbocycles. The van der Waals surface area contributed by atoms with Crippen molar-refractivity contribution in [3.05, 3.63) is 53.1 Å². The Morgan fingerprint density at radius 1 is 1.29 bits per heavy atom. The number of amides is 1. The van der Waals surface area contributed by atoms with Crippen LogP contribution < -0.4 is 10.6 Å². The number of hydrogen-bond donors (Lipinski definition) is 2. The number of anilines is 2. The second kappa shape index (κ2) is 6.35. The smallest absolute Gasteiger partial charge is 0.259 e. The van der Waals surface area contributed by atoms with Crippen molar-refractivity contribution in [1.29, 1.82) is 0 Å². The Kier molecular flexibility index (Phi) is 4.52. The molecule has 1 heterocycles. The quantitative estimate of drug-likeness (QED) is 0.904. The van der Waals surface area contributed by atoms with Crippen LogP contribution in [0.25, 0.3) is 0 Å². The summed E-state index contributed by atoms with van der Waals surface area (Å²) in [5.74, 6) is -0.658. The van der Waals surface area contributed by atoms with Crippen LogP contribution in [-0.2, 0) is 0 Å². The van der Waals surface area contributed by atoms with E-state index >= 15 is 0 Å². The minimum atomic E-state index is -0.346. The molecule has 4 nitrogen and oxygen atoms in total. The van der Waals surface area contributed by atoms with Crippen molar-refractivity contribution in [2.24, 2.45) is 0 Å². The molecular formula is C16H18FN3O. The molecule has 1 amide bonds. The molecule has 0 spiro atoms. The van der Waals surface area contributed by atoms with E-state index in [0.29, 0.717) is 23.4 Å². The van der Waals surface area contributed by atoms with E-state index in [4.69, 9.17) is 0 Å². The standard InChI is InChI=1S/C16H18FN3O/c1-4-18-15-8-10(2)19-9-12(15)16(21)20-14-7-5-6-13(17)11(14)3/h5-9H,4H2,1-3H3,(H,18,19)(H,20,21). The first-order valence-electron chi connectivity index (χ1n) is 6.80. The fourth-order valence-corrected chi connectivity index (χ4v) is 2.01. The van der Waals surface area contributed by atoms with Gasteiger partial charge in [0.05, 0.1) is 11.3 Å². The van der Waals surface area contributed by atoms with Crippen LogP contribution in [0.5, 0.6) is 0 Å². The van der Waals surface area contributed by atoms with Crippen LogP contribution in [0.3, 0.4) is 0 Å². The second-order valence-electron chi connectivity index (χ2n) is 4.77. The van der Waals surface area contributed by atoms with Gasteiger partial charge in [-0.1, -0.05) is 6.07 Å². The molecule has 0 bridgehead atoms. The molecule has 0 radical (unpaired) electrons. The van der Waals surface area contributed by atoms with Crippen LogP contribution in [0.1, 0.15) is 28.5 Å². The molecule has 2 aromatic rings. The molecule has 1 aromatic heterocycles. The first-order chi connectivity index (χ1) is 10.0. The molecule has 0 atom stereocenters. The summed E-state index contributed by atoms with van der Waals surface area (Å²) in [6.45, 7) is 6.14. The summed E-state index contributed by atoms with van der Waals surface area (Å²) < 4.78 is 13.5. The summed E-state index contributed by atoms with van der Waals surface area (Å²) in [6, 6.07) is 6.42. The maximum absolute atomic E-state index is 13.5. The Morgan fingerprint density at radius 2 is 2.05 bits per heavy atom. The molecule has 5 heteroatoms. The van der Waals surface area contributed by atoms with Crippen molar-refractivity contribution < 1.29 is 9.18 Å². The van der Waals surface area contributed by atoms with Crippen LogP contribution in [-0.4, -0.2) is 17.4 Å². The lowest BCUT2D eigenvalue weighted by Gasteiger charge is -2.13. The number of hydrogen-bond acceptors (Lipinski definition) is 3. The van der Waals surface area contributed by atoms with Crippen LogP contribution in [0.15, 0.2) is 30.5 Å². The monoisotopic (exact) mass is 287 g/mol. The largest absolute Gasteiger partial charge is 0.385 e. The number of carbonyl (C=O) groups is 1. The molecule has 0 saturated heterocycles. The number of nitrogens with one attached hydrogen (secondary N) is 2. The molecule has 0 fully saturated rings. The summed E-state index contributed by atoms with van der Waals surface area (Å²) in [7, 11) is 0. The van der Waals surface area contributed by atoms with Crippen molar-refractivity contribution in [3.63, 3.8) is 0 Å². The number of benzene rings is 1. The molecule has 110 valence electrons. The fourth-order valence-electron chi connectivity index (χ4n) is 2.01. The average Bonchev–Trinajstić information content (AvgIpc) is 2.44. The SMILES string of the molecule is CCNc1cc(C)ncc1C(=O)Nc1cccc(F)c1C. The van der Waals surface area contributed by atoms with E-state index in [1.807, 2.05) is 19.9 Å². The summed E-state index contributed by atoms with van der Waals surface area (Å²) in [6.07, 6.45) is 1.53. The first kappa shape index (κ1) is 15.0. The zero-order valence-corrected chi connectivity index (χ0v) is 12.3. The Labute approximate surface area is 123 Å². The van der Waals surface area contributed by atoms with Gasteiger partial charge in [-0.2, -0.15) is 0 Å². The van der Waals surface area contributed by atoms with Crippen molar-refractivity contribution in [3.8, 4) is 0 Å². The molecule has 0 saturated carbocycles.